The van der Waals surface area contributed by atoms with Gasteiger partial charge in [0.1, 0.15) is 5.82 Å². The summed E-state index contributed by atoms with van der Waals surface area (Å²) in [7, 11) is 0. The monoisotopic (exact) mass is 169 g/mol. The van der Waals surface area contributed by atoms with Crippen LogP contribution in [0.3, 0.4) is 0 Å². The average Bonchev–Trinajstić information content (AvgIpc) is 2.33. The number of nitrogens with zero attached hydrogens (tertiary/aromatic N) is 2. The Bertz CT molecular complexity index is 266. The lowest BCUT2D eigenvalue weighted by Crippen LogP contribution is -2.22. The maximum Gasteiger partial charge on any atom is 0.106 e. The summed E-state index contributed by atoms with van der Waals surface area (Å²) in [6, 6.07) is 0.0625. The van der Waals surface area contributed by atoms with E-state index in [-0.39, 0.29) is 6.04 Å². The van der Waals surface area contributed by atoms with Crippen LogP contribution in [0.15, 0.2) is 12.4 Å². The van der Waals surface area contributed by atoms with Crippen LogP contribution in [0.2, 0.25) is 0 Å². The number of hydrogen-bond donors (Lipinski definition) is 1. The summed E-state index contributed by atoms with van der Waals surface area (Å²) in [5.41, 5.74) is 5.48. The molecule has 0 aromatic carbocycles. The zero-order valence-corrected chi connectivity index (χ0v) is 7.43. The first-order chi connectivity index (χ1) is 5.13. The summed E-state index contributed by atoms with van der Waals surface area (Å²) < 4.78 is 1.95. The van der Waals surface area contributed by atoms with E-state index < -0.39 is 0 Å². The van der Waals surface area contributed by atoms with Crippen LogP contribution in [0.25, 0.3) is 0 Å². The minimum atomic E-state index is 0.0625. The van der Waals surface area contributed by atoms with Crippen molar-refractivity contribution in [3.05, 3.63) is 18.2 Å². The number of nitrogens with two attached hydrogens (primary N) is 1. The highest BCUT2D eigenvalue weighted by atomic mass is 32.1. The molecule has 0 spiro atoms. The summed E-state index contributed by atoms with van der Waals surface area (Å²) in [6.45, 7) is 3.88. The molecule has 60 valence electrons. The summed E-state index contributed by atoms with van der Waals surface area (Å²) in [4.78, 5) is 4.56. The van der Waals surface area contributed by atoms with Crippen molar-refractivity contribution >= 4 is 17.2 Å². The van der Waals surface area contributed by atoms with Crippen LogP contribution in [0.1, 0.15) is 18.8 Å². The van der Waals surface area contributed by atoms with Gasteiger partial charge in [-0.1, -0.05) is 12.2 Å². The van der Waals surface area contributed by atoms with Gasteiger partial charge in [0.25, 0.3) is 0 Å². The summed E-state index contributed by atoms with van der Waals surface area (Å²) >= 11 is 4.85. The van der Waals surface area contributed by atoms with Crippen LogP contribution >= 0.6 is 12.2 Å². The quantitative estimate of drug-likeness (QED) is 0.673. The number of aryl methyl sites for hydroxylation is 1. The van der Waals surface area contributed by atoms with Gasteiger partial charge in [0.2, 0.25) is 0 Å². The van der Waals surface area contributed by atoms with Crippen molar-refractivity contribution in [3.63, 3.8) is 0 Å². The first kappa shape index (κ1) is 8.20. The molecule has 0 aliphatic rings. The van der Waals surface area contributed by atoms with Crippen molar-refractivity contribution < 1.29 is 0 Å². The van der Waals surface area contributed by atoms with Crippen LogP contribution in [0, 0.1) is 6.92 Å². The predicted octanol–water partition coefficient (Wildman–Crippen LogP) is 1.04. The summed E-state index contributed by atoms with van der Waals surface area (Å²) in [5, 5.41) is 0. The van der Waals surface area contributed by atoms with Crippen molar-refractivity contribution in [1.82, 2.24) is 9.55 Å². The summed E-state index contributed by atoms with van der Waals surface area (Å²) in [6.07, 6.45) is 3.61. The van der Waals surface area contributed by atoms with Crippen LogP contribution in [0.5, 0.6) is 0 Å². The fraction of sp³-hybridized carbons (Fsp3) is 0.429. The largest absolute Gasteiger partial charge is 0.392 e. The van der Waals surface area contributed by atoms with Gasteiger partial charge in [0, 0.05) is 12.4 Å². The lowest BCUT2D eigenvalue weighted by molar-refractivity contribution is 0.673. The third-order valence-corrected chi connectivity index (χ3v) is 2.03. The second kappa shape index (κ2) is 3.00. The van der Waals surface area contributed by atoms with Crippen molar-refractivity contribution in [2.24, 2.45) is 5.73 Å². The van der Waals surface area contributed by atoms with Gasteiger partial charge in [0.15, 0.2) is 0 Å². The lowest BCUT2D eigenvalue weighted by Gasteiger charge is -2.12. The molecule has 0 amide bonds. The highest BCUT2D eigenvalue weighted by Gasteiger charge is 2.08. The molecular formula is C7H11N3S. The van der Waals surface area contributed by atoms with Crippen LogP contribution < -0.4 is 5.73 Å². The Balaban J connectivity index is 2.92. The highest BCUT2D eigenvalue weighted by molar-refractivity contribution is 7.80. The zero-order chi connectivity index (χ0) is 8.43. The number of hydrogen-bond acceptors (Lipinski definition) is 2. The van der Waals surface area contributed by atoms with Crippen LogP contribution in [0.4, 0.5) is 0 Å². The molecular weight excluding hydrogens is 158 g/mol. The van der Waals surface area contributed by atoms with Gasteiger partial charge in [-0.3, -0.25) is 0 Å². The first-order valence-corrected chi connectivity index (χ1v) is 3.82. The molecule has 3 nitrogen and oxygen atoms in total. The molecule has 1 aromatic heterocycles. The number of rotatable bonds is 2. The second-order valence-corrected chi connectivity index (χ2v) is 2.93. The molecule has 2 N–H and O–H groups in total. The molecule has 0 aliphatic carbocycles. The Morgan fingerprint density at radius 2 is 2.45 bits per heavy atom. The molecule has 0 bridgehead atoms. The van der Waals surface area contributed by atoms with Gasteiger partial charge < -0.3 is 10.3 Å². The molecule has 1 unspecified atom stereocenters. The standard InChI is InChI=1S/C7H11N3S/c1-5(7(8)11)10-4-3-9-6(10)2/h3-5H,1-2H3,(H2,8,11). The smallest absolute Gasteiger partial charge is 0.106 e. The fourth-order valence-electron chi connectivity index (χ4n) is 0.934. The Hall–Kier alpha value is -0.900. The van der Waals surface area contributed by atoms with Crippen molar-refractivity contribution in [2.45, 2.75) is 19.9 Å². The Labute approximate surface area is 71.2 Å². The molecule has 0 aliphatic heterocycles. The molecule has 1 aromatic rings. The molecule has 1 rings (SSSR count). The fourth-order valence-corrected chi connectivity index (χ4v) is 1.05. The predicted molar refractivity (Wildman–Crippen MR) is 48.5 cm³/mol. The van der Waals surface area contributed by atoms with E-state index in [4.69, 9.17) is 18.0 Å². The van der Waals surface area contributed by atoms with E-state index in [1.54, 1.807) is 6.20 Å². The van der Waals surface area contributed by atoms with E-state index in [2.05, 4.69) is 4.98 Å². The lowest BCUT2D eigenvalue weighted by atomic mass is 10.3. The maximum atomic E-state index is 5.48. The first-order valence-electron chi connectivity index (χ1n) is 3.41. The van der Waals surface area contributed by atoms with Gasteiger partial charge in [-0.15, -0.1) is 0 Å². The van der Waals surface area contributed by atoms with E-state index in [0.29, 0.717) is 4.99 Å². The molecule has 4 heteroatoms. The third-order valence-electron chi connectivity index (χ3n) is 1.69. The van der Waals surface area contributed by atoms with Gasteiger partial charge in [-0.05, 0) is 13.8 Å². The Morgan fingerprint density at radius 1 is 1.82 bits per heavy atom. The van der Waals surface area contributed by atoms with E-state index in [1.165, 1.54) is 0 Å². The van der Waals surface area contributed by atoms with Crippen molar-refractivity contribution in [2.75, 3.05) is 0 Å². The molecule has 0 saturated heterocycles. The SMILES string of the molecule is Cc1nccn1C(C)C(N)=S. The van der Waals surface area contributed by atoms with Crippen LogP contribution in [-0.4, -0.2) is 14.5 Å². The van der Waals surface area contributed by atoms with Gasteiger partial charge in [0.05, 0.1) is 11.0 Å². The van der Waals surface area contributed by atoms with E-state index >= 15 is 0 Å². The van der Waals surface area contributed by atoms with Gasteiger partial charge in [-0.25, -0.2) is 4.98 Å². The van der Waals surface area contributed by atoms with Gasteiger partial charge >= 0.3 is 0 Å². The Kier molecular flexibility index (Phi) is 2.24. The normalized spacial score (nSPS) is 12.9. The molecule has 0 saturated carbocycles. The number of aromatic nitrogens is 2. The Morgan fingerprint density at radius 3 is 2.82 bits per heavy atom. The third kappa shape index (κ3) is 1.57. The topological polar surface area (TPSA) is 43.8 Å². The highest BCUT2D eigenvalue weighted by Crippen LogP contribution is 2.07. The van der Waals surface area contributed by atoms with Gasteiger partial charge in [-0.2, -0.15) is 0 Å². The van der Waals surface area contributed by atoms with E-state index in [1.807, 2.05) is 24.6 Å². The van der Waals surface area contributed by atoms with Crippen LogP contribution in [-0.2, 0) is 0 Å². The number of imidazole rings is 1. The zero-order valence-electron chi connectivity index (χ0n) is 6.61. The van der Waals surface area contributed by atoms with E-state index in [0.717, 1.165) is 5.82 Å². The minimum absolute atomic E-state index is 0.0625. The summed E-state index contributed by atoms with van der Waals surface area (Å²) in [5.74, 6) is 0.935. The molecule has 11 heavy (non-hydrogen) atoms. The molecule has 0 radical (unpaired) electrons. The molecule has 0 fully saturated rings. The number of thiocarbonyl (C=S) groups is 1. The second-order valence-electron chi connectivity index (χ2n) is 2.46. The minimum Gasteiger partial charge on any atom is -0.392 e. The average molecular weight is 169 g/mol. The molecule has 1 atom stereocenters. The maximum absolute atomic E-state index is 5.48. The van der Waals surface area contributed by atoms with Crippen molar-refractivity contribution in [1.29, 1.82) is 0 Å². The van der Waals surface area contributed by atoms with E-state index in [9.17, 15) is 0 Å². The van der Waals surface area contributed by atoms with Crippen molar-refractivity contribution in [3.8, 4) is 0 Å². The molecule has 1 heterocycles.